The smallest absolute Gasteiger partial charge is 2.00 e. The van der Waals surface area contributed by atoms with Gasteiger partial charge in [-0.1, -0.05) is 0 Å². The van der Waals surface area contributed by atoms with Crippen LogP contribution in [0.2, 0.25) is 0 Å². The molecular formula is H10Al2Mg2O3Y2. The topological polar surface area (TPSA) is 85.5 Å². The van der Waals surface area contributed by atoms with Crippen molar-refractivity contribution in [3.63, 3.8) is 0 Å². The third-order valence-corrected chi connectivity index (χ3v) is 0. The third kappa shape index (κ3) is 66.0. The molecule has 0 unspecified atom stereocenters. The minimum Gasteiger partial charge on any atom is -2.00 e. The Hall–Kier alpha value is 4.69. The van der Waals surface area contributed by atoms with Crippen LogP contribution in [0.5, 0.6) is 0 Å². The van der Waals surface area contributed by atoms with Gasteiger partial charge in [0.05, 0.1) is 0 Å². The summed E-state index contributed by atoms with van der Waals surface area (Å²) in [6.07, 6.45) is 0. The van der Waals surface area contributed by atoms with Gasteiger partial charge in [0, 0.05) is 0 Å². The minimum absolute atomic E-state index is 0. The normalized spacial score (nSPS) is 0. The van der Waals surface area contributed by atoms with Gasteiger partial charge in [0.2, 0.25) is 0 Å². The van der Waals surface area contributed by atoms with Gasteiger partial charge in [0.15, 0.2) is 34.7 Å². The van der Waals surface area contributed by atoms with Crippen LogP contribution < -0.4 is 0 Å². The largest absolute Gasteiger partial charge is 3.00 e. The second kappa shape index (κ2) is 78.9. The van der Waals surface area contributed by atoms with Crippen molar-refractivity contribution in [1.82, 2.24) is 0 Å². The summed E-state index contributed by atoms with van der Waals surface area (Å²) in [5.41, 5.74) is 0. The Bertz CT molecular complexity index is 29.4. The van der Waals surface area contributed by atoms with E-state index in [0.29, 0.717) is 0 Å². The average molecular weight is 338 g/mol. The van der Waals surface area contributed by atoms with E-state index in [1.54, 1.807) is 0 Å². The summed E-state index contributed by atoms with van der Waals surface area (Å²) in [4.78, 5) is 0. The molecule has 0 rings (SSSR count). The van der Waals surface area contributed by atoms with Crippen LogP contribution in [0.3, 0.4) is 0 Å². The standard InChI is InChI=1S/2Al.2Mg.3O.2Y.10H/q;;2*+2;3*-2;2*+3;;;;;;;4*-1. The zero-order valence-corrected chi connectivity index (χ0v) is 12.3. The third-order valence-electron chi connectivity index (χ3n) is 0. The molecule has 0 bridgehead atoms. The molecule has 0 radical (unpaired) electrons. The molecule has 0 aromatic heterocycles. The zero-order valence-electron chi connectivity index (χ0n) is 7.79. The molecule has 0 spiro atoms. The number of rotatable bonds is 0. The molecule has 44 valence electrons. The van der Waals surface area contributed by atoms with Crippen molar-refractivity contribution >= 4 is 80.8 Å². The first-order chi connectivity index (χ1) is 0. The second-order valence-electron chi connectivity index (χ2n) is 0. The van der Waals surface area contributed by atoms with E-state index in [-0.39, 0.29) is 168 Å². The fourth-order valence-electron chi connectivity index (χ4n) is 0. The summed E-state index contributed by atoms with van der Waals surface area (Å²) in [5.74, 6) is 0. The van der Waals surface area contributed by atoms with Crippen LogP contribution in [0.1, 0.15) is 5.71 Å². The van der Waals surface area contributed by atoms with Crippen LogP contribution in [0, 0.1) is 0 Å². The van der Waals surface area contributed by atoms with Crippen LogP contribution in [0.4, 0.5) is 0 Å². The maximum absolute atomic E-state index is 0. The molecule has 3 nitrogen and oxygen atoms in total. The van der Waals surface area contributed by atoms with Crippen LogP contribution in [0.15, 0.2) is 0 Å². The van der Waals surface area contributed by atoms with E-state index < -0.39 is 0 Å². The quantitative estimate of drug-likeness (QED) is 0.421. The van der Waals surface area contributed by atoms with Crippen molar-refractivity contribution in [2.75, 3.05) is 0 Å². The molecule has 0 fully saturated rings. The molecule has 0 aromatic carbocycles. The van der Waals surface area contributed by atoms with Gasteiger partial charge in [-0.15, -0.1) is 0 Å². The Kier molecular flexibility index (Phi) is 880. The van der Waals surface area contributed by atoms with E-state index in [0.717, 1.165) is 0 Å². The van der Waals surface area contributed by atoms with Crippen molar-refractivity contribution in [2.24, 2.45) is 0 Å². The predicted molar refractivity (Wildman–Crippen MR) is 37.9 cm³/mol. The van der Waals surface area contributed by atoms with Gasteiger partial charge < -0.3 is 22.1 Å². The van der Waals surface area contributed by atoms with Crippen molar-refractivity contribution in [2.45, 2.75) is 0 Å². The Labute approximate surface area is 165 Å². The first-order valence-corrected chi connectivity index (χ1v) is 0. The number of hydrogen-bond donors (Lipinski definition) is 0. The van der Waals surface area contributed by atoms with Gasteiger partial charge in [0.25, 0.3) is 0 Å². The van der Waals surface area contributed by atoms with Crippen LogP contribution in [-0.4, -0.2) is 80.8 Å². The summed E-state index contributed by atoms with van der Waals surface area (Å²) >= 11 is 0. The first-order valence-electron chi connectivity index (χ1n) is 0. The van der Waals surface area contributed by atoms with Crippen molar-refractivity contribution in [3.8, 4) is 0 Å². The minimum atomic E-state index is 0. The Morgan fingerprint density at radius 1 is 0.556 bits per heavy atom. The molecule has 0 aliphatic carbocycles. The van der Waals surface area contributed by atoms with E-state index in [9.17, 15) is 0 Å². The molecule has 9 heavy (non-hydrogen) atoms. The van der Waals surface area contributed by atoms with Crippen LogP contribution >= 0.6 is 0 Å². The van der Waals surface area contributed by atoms with Gasteiger partial charge in [-0.25, -0.2) is 0 Å². The van der Waals surface area contributed by atoms with E-state index in [4.69, 9.17) is 0 Å². The molecule has 0 saturated heterocycles. The first kappa shape index (κ1) is 100. The van der Waals surface area contributed by atoms with Gasteiger partial charge in [-0.05, 0) is 0 Å². The molecular weight excluding hydrogens is 328 g/mol. The van der Waals surface area contributed by atoms with Crippen LogP contribution in [-0.2, 0) is 81.8 Å². The fourth-order valence-corrected chi connectivity index (χ4v) is 0. The molecule has 0 N–H and O–H groups in total. The summed E-state index contributed by atoms with van der Waals surface area (Å²) in [6, 6.07) is 0. The SMILES string of the molecule is [AlH3].[AlH3].[H-].[H-].[H-].[H-].[Mg+2].[Mg+2].[O-2].[O-2].[O-2].[Y+3].[Y+3]. The molecule has 0 aliphatic heterocycles. The molecule has 0 aromatic rings. The van der Waals surface area contributed by atoms with Crippen molar-refractivity contribution < 1.29 is 87.6 Å². The number of hydrogen-bond acceptors (Lipinski definition) is 0. The molecule has 0 atom stereocenters. The summed E-state index contributed by atoms with van der Waals surface area (Å²) < 4.78 is 0. The maximum atomic E-state index is 0. The van der Waals surface area contributed by atoms with E-state index in [2.05, 4.69) is 0 Å². The van der Waals surface area contributed by atoms with Crippen molar-refractivity contribution in [1.29, 1.82) is 0 Å². The van der Waals surface area contributed by atoms with Gasteiger partial charge in [-0.2, -0.15) is 0 Å². The monoisotopic (exact) mass is 338 g/mol. The molecule has 0 saturated carbocycles. The predicted octanol–water partition coefficient (Wildman–Crippen LogP) is -3.04. The second-order valence-corrected chi connectivity index (χ2v) is 0. The van der Waals surface area contributed by atoms with E-state index >= 15 is 0 Å². The Morgan fingerprint density at radius 3 is 0.556 bits per heavy atom. The molecule has 0 amide bonds. The van der Waals surface area contributed by atoms with E-state index in [1.807, 2.05) is 0 Å². The van der Waals surface area contributed by atoms with E-state index in [1.165, 1.54) is 0 Å². The molecule has 0 heterocycles. The fraction of sp³-hybridized carbons (Fsp3) is 0. The van der Waals surface area contributed by atoms with Crippen molar-refractivity contribution in [3.05, 3.63) is 0 Å². The van der Waals surface area contributed by atoms with Gasteiger partial charge >= 0.3 is 112 Å². The van der Waals surface area contributed by atoms with Crippen LogP contribution in [0.25, 0.3) is 0 Å². The van der Waals surface area contributed by atoms with Gasteiger partial charge in [0.1, 0.15) is 0 Å². The Balaban J connectivity index is 0. The summed E-state index contributed by atoms with van der Waals surface area (Å²) in [7, 11) is 0. The molecule has 9 heteroatoms. The molecule has 0 aliphatic rings. The maximum Gasteiger partial charge on any atom is 3.00 e. The van der Waals surface area contributed by atoms with Gasteiger partial charge in [-0.3, -0.25) is 0 Å². The Morgan fingerprint density at radius 2 is 0.556 bits per heavy atom. The summed E-state index contributed by atoms with van der Waals surface area (Å²) in [6.45, 7) is 0. The summed E-state index contributed by atoms with van der Waals surface area (Å²) in [5, 5.41) is 0. The zero-order chi connectivity index (χ0) is 0. The average Bonchev–Trinajstić information content (AvgIpc) is 0.